The van der Waals surface area contributed by atoms with Gasteiger partial charge in [-0.3, -0.25) is 9.89 Å². The van der Waals surface area contributed by atoms with Crippen LogP contribution < -0.4 is 0 Å². The fourth-order valence-corrected chi connectivity index (χ4v) is 1.83. The Morgan fingerprint density at radius 1 is 1.13 bits per heavy atom. The molecule has 1 heterocycles. The maximum atomic E-state index is 11.8. The van der Waals surface area contributed by atoms with E-state index in [4.69, 9.17) is 12.2 Å². The predicted molar refractivity (Wildman–Crippen MR) is 56.1 cm³/mol. The number of H-pyrrole nitrogens is 1. The molecule has 72 valence electrons. The van der Waals surface area contributed by atoms with Crippen molar-refractivity contribution in [1.29, 1.82) is 0 Å². The van der Waals surface area contributed by atoms with Gasteiger partial charge in [-0.25, -0.2) is 4.98 Å². The summed E-state index contributed by atoms with van der Waals surface area (Å²) < 4.78 is 0.290. The van der Waals surface area contributed by atoms with Crippen LogP contribution in [0, 0.1) is 4.77 Å². The van der Waals surface area contributed by atoms with Gasteiger partial charge < -0.3 is 0 Å². The molecule has 4 nitrogen and oxygen atoms in total. The molecular weight excluding hydrogens is 210 g/mol. The number of hydrogen-bond acceptors (Lipinski definition) is 4. The lowest BCUT2D eigenvalue weighted by atomic mass is 10.1. The lowest BCUT2D eigenvalue weighted by Gasteiger charge is -1.95. The average Bonchev–Trinajstić information content (AvgIpc) is 2.54. The lowest BCUT2D eigenvalue weighted by molar-refractivity contribution is 0.103. The van der Waals surface area contributed by atoms with E-state index in [1.54, 1.807) is 6.07 Å². The first-order valence-corrected chi connectivity index (χ1v) is 4.79. The van der Waals surface area contributed by atoms with Crippen LogP contribution in [0.25, 0.3) is 11.3 Å². The molecule has 3 rings (SSSR count). The molecule has 0 saturated carbocycles. The van der Waals surface area contributed by atoms with E-state index in [1.807, 2.05) is 18.2 Å². The molecule has 0 fully saturated rings. The zero-order chi connectivity index (χ0) is 10.4. The number of aromatic amines is 1. The van der Waals surface area contributed by atoms with Gasteiger partial charge in [0, 0.05) is 11.1 Å². The topological polar surface area (TPSA) is 58.6 Å². The Morgan fingerprint density at radius 2 is 1.87 bits per heavy atom. The summed E-state index contributed by atoms with van der Waals surface area (Å²) in [5.41, 5.74) is 2.38. The smallest absolute Gasteiger partial charge is 0.216 e. The van der Waals surface area contributed by atoms with E-state index < -0.39 is 0 Å². The van der Waals surface area contributed by atoms with Crippen molar-refractivity contribution in [2.75, 3.05) is 0 Å². The highest BCUT2D eigenvalue weighted by molar-refractivity contribution is 7.71. The molecule has 1 aliphatic rings. The lowest BCUT2D eigenvalue weighted by Crippen LogP contribution is -2.01. The van der Waals surface area contributed by atoms with Gasteiger partial charge in [0.2, 0.25) is 10.6 Å². The number of carbonyl (C=O) groups is 1. The Labute approximate surface area is 90.0 Å². The van der Waals surface area contributed by atoms with E-state index >= 15 is 0 Å². The van der Waals surface area contributed by atoms with Crippen molar-refractivity contribution in [3.05, 3.63) is 40.3 Å². The number of nitrogens with zero attached hydrogens (tertiary/aromatic N) is 2. The summed E-state index contributed by atoms with van der Waals surface area (Å²) in [7, 11) is 0. The van der Waals surface area contributed by atoms with Crippen LogP contribution in [-0.4, -0.2) is 21.0 Å². The van der Waals surface area contributed by atoms with Gasteiger partial charge in [-0.05, 0) is 12.2 Å². The van der Waals surface area contributed by atoms with Crippen LogP contribution >= 0.6 is 12.2 Å². The van der Waals surface area contributed by atoms with Crippen LogP contribution in [0.15, 0.2) is 24.3 Å². The molecule has 1 aliphatic carbocycles. The fourth-order valence-electron chi connectivity index (χ4n) is 1.70. The van der Waals surface area contributed by atoms with Gasteiger partial charge in [-0.2, -0.15) is 5.10 Å². The standard InChI is InChI=1S/C10H5N3OS/c14-9-6-4-2-1-3-5(6)7-8(9)12-13-10(15)11-7/h1-4H,(H,11,13,15). The number of rotatable bonds is 0. The molecule has 1 aromatic heterocycles. The van der Waals surface area contributed by atoms with E-state index in [-0.39, 0.29) is 5.78 Å². The summed E-state index contributed by atoms with van der Waals surface area (Å²) in [5, 5.41) is 6.44. The maximum Gasteiger partial charge on any atom is 0.216 e. The molecule has 15 heavy (non-hydrogen) atoms. The van der Waals surface area contributed by atoms with Crippen molar-refractivity contribution in [3.8, 4) is 11.3 Å². The minimum absolute atomic E-state index is 0.0978. The summed E-state index contributed by atoms with van der Waals surface area (Å²) in [5.74, 6) is -0.0978. The summed E-state index contributed by atoms with van der Waals surface area (Å²) in [6, 6.07) is 7.30. The first kappa shape index (κ1) is 8.43. The van der Waals surface area contributed by atoms with Crippen molar-refractivity contribution in [1.82, 2.24) is 15.2 Å². The average molecular weight is 215 g/mol. The fraction of sp³-hybridized carbons (Fsp3) is 0. The molecule has 0 spiro atoms. The monoisotopic (exact) mass is 215 g/mol. The third-order valence-corrected chi connectivity index (χ3v) is 2.53. The molecule has 0 aliphatic heterocycles. The van der Waals surface area contributed by atoms with Crippen molar-refractivity contribution < 1.29 is 4.79 Å². The Balaban J connectivity index is 2.44. The predicted octanol–water partition coefficient (Wildman–Crippen LogP) is 1.75. The van der Waals surface area contributed by atoms with Crippen LogP contribution in [-0.2, 0) is 0 Å². The number of nitrogens with one attached hydrogen (secondary N) is 1. The summed E-state index contributed by atoms with van der Waals surface area (Å²) in [4.78, 5) is 16.0. The zero-order valence-electron chi connectivity index (χ0n) is 7.52. The van der Waals surface area contributed by atoms with Crippen LogP contribution in [0.4, 0.5) is 0 Å². The summed E-state index contributed by atoms with van der Waals surface area (Å²) >= 11 is 4.88. The largest absolute Gasteiger partial charge is 0.287 e. The highest BCUT2D eigenvalue weighted by Crippen LogP contribution is 2.32. The normalized spacial score (nSPS) is 12.4. The second-order valence-electron chi connectivity index (χ2n) is 3.21. The van der Waals surface area contributed by atoms with Gasteiger partial charge in [0.15, 0.2) is 5.69 Å². The van der Waals surface area contributed by atoms with E-state index in [2.05, 4.69) is 15.2 Å². The maximum absolute atomic E-state index is 11.8. The first-order chi connectivity index (χ1) is 7.27. The van der Waals surface area contributed by atoms with Crippen LogP contribution in [0.5, 0.6) is 0 Å². The molecule has 0 radical (unpaired) electrons. The SMILES string of the molecule is O=C1c2ccccc2-c2nc(=S)[nH]nc21. The van der Waals surface area contributed by atoms with E-state index in [0.717, 1.165) is 5.56 Å². The zero-order valence-corrected chi connectivity index (χ0v) is 8.34. The molecule has 2 aromatic rings. The minimum atomic E-state index is -0.0978. The van der Waals surface area contributed by atoms with E-state index in [9.17, 15) is 4.79 Å². The molecule has 0 atom stereocenters. The van der Waals surface area contributed by atoms with Crippen LogP contribution in [0.1, 0.15) is 16.1 Å². The third-order valence-electron chi connectivity index (χ3n) is 2.34. The molecule has 5 heteroatoms. The van der Waals surface area contributed by atoms with Gasteiger partial charge in [0.05, 0.1) is 0 Å². The highest BCUT2D eigenvalue weighted by atomic mass is 32.1. The van der Waals surface area contributed by atoms with Gasteiger partial charge >= 0.3 is 0 Å². The van der Waals surface area contributed by atoms with Crippen molar-refractivity contribution in [2.24, 2.45) is 0 Å². The molecule has 0 bridgehead atoms. The van der Waals surface area contributed by atoms with Crippen LogP contribution in [0.2, 0.25) is 0 Å². The van der Waals surface area contributed by atoms with Gasteiger partial charge in [-0.1, -0.05) is 24.3 Å². The summed E-state index contributed by atoms with van der Waals surface area (Å²) in [6.07, 6.45) is 0. The highest BCUT2D eigenvalue weighted by Gasteiger charge is 2.29. The van der Waals surface area contributed by atoms with Crippen molar-refractivity contribution >= 4 is 18.0 Å². The Kier molecular flexibility index (Phi) is 1.58. The van der Waals surface area contributed by atoms with Gasteiger partial charge in [0.25, 0.3) is 0 Å². The van der Waals surface area contributed by atoms with Gasteiger partial charge in [-0.15, -0.1) is 0 Å². The van der Waals surface area contributed by atoms with Crippen molar-refractivity contribution in [3.63, 3.8) is 0 Å². The quantitative estimate of drug-likeness (QED) is 0.580. The third kappa shape index (κ3) is 1.07. The molecule has 0 amide bonds. The Morgan fingerprint density at radius 3 is 2.67 bits per heavy atom. The van der Waals surface area contributed by atoms with Crippen LogP contribution in [0.3, 0.4) is 0 Å². The number of ketones is 1. The minimum Gasteiger partial charge on any atom is -0.287 e. The molecular formula is C10H5N3OS. The molecule has 0 unspecified atom stereocenters. The van der Waals surface area contributed by atoms with E-state index in [1.165, 1.54) is 0 Å². The number of carbonyl (C=O) groups excluding carboxylic acids is 1. The van der Waals surface area contributed by atoms with Gasteiger partial charge in [0.1, 0.15) is 5.69 Å². The second kappa shape index (κ2) is 2.80. The second-order valence-corrected chi connectivity index (χ2v) is 3.60. The number of hydrogen-bond donors (Lipinski definition) is 1. The summed E-state index contributed by atoms with van der Waals surface area (Å²) in [6.45, 7) is 0. The number of benzene rings is 1. The molecule has 1 N–H and O–H groups in total. The Bertz CT molecular complexity index is 633. The van der Waals surface area contributed by atoms with Crippen molar-refractivity contribution in [2.45, 2.75) is 0 Å². The van der Waals surface area contributed by atoms with E-state index in [0.29, 0.717) is 21.7 Å². The first-order valence-electron chi connectivity index (χ1n) is 4.38. The number of fused-ring (bicyclic) bond motifs is 3. The number of aromatic nitrogens is 3. The molecule has 0 saturated heterocycles. The molecule has 1 aromatic carbocycles. The Hall–Kier alpha value is -1.88.